The number of phenolic OH excluding ortho intramolecular Hbond substituents is 1. The number of nitrogens with zero attached hydrogens (tertiary/aromatic N) is 1. The van der Waals surface area contributed by atoms with E-state index in [1.807, 2.05) is 97.1 Å². The van der Waals surface area contributed by atoms with E-state index in [4.69, 9.17) is 0 Å². The third-order valence-electron chi connectivity index (χ3n) is 5.92. The van der Waals surface area contributed by atoms with E-state index in [2.05, 4.69) is 17.0 Å². The van der Waals surface area contributed by atoms with Gasteiger partial charge in [-0.15, -0.1) is 0 Å². The monoisotopic (exact) mass is 417 g/mol. The van der Waals surface area contributed by atoms with Gasteiger partial charge in [0, 0.05) is 17.6 Å². The second-order valence-electron chi connectivity index (χ2n) is 7.88. The molecule has 1 N–H and O–H groups in total. The van der Waals surface area contributed by atoms with Crippen LogP contribution in [0.3, 0.4) is 0 Å². The predicted octanol–water partition coefficient (Wildman–Crippen LogP) is 6.64. The average molecular weight is 418 g/mol. The van der Waals surface area contributed by atoms with Gasteiger partial charge in [0.05, 0.1) is 17.4 Å². The lowest BCUT2D eigenvalue weighted by atomic mass is 9.95. The molecule has 4 aromatic carbocycles. The molecule has 1 heterocycles. The molecule has 0 fully saturated rings. The number of hydrogen-bond donors (Lipinski definition) is 1. The van der Waals surface area contributed by atoms with E-state index in [1.54, 1.807) is 6.07 Å². The van der Waals surface area contributed by atoms with Crippen LogP contribution in [0.25, 0.3) is 5.70 Å². The Labute approximate surface area is 187 Å². The maximum absolute atomic E-state index is 13.7. The summed E-state index contributed by atoms with van der Waals surface area (Å²) in [5, 5.41) is 10.8. The van der Waals surface area contributed by atoms with E-state index in [-0.39, 0.29) is 17.6 Å². The van der Waals surface area contributed by atoms with Crippen LogP contribution in [0.4, 0.5) is 5.69 Å². The lowest BCUT2D eigenvalue weighted by molar-refractivity contribution is 0.103. The van der Waals surface area contributed by atoms with Crippen molar-refractivity contribution in [1.82, 2.24) is 0 Å². The van der Waals surface area contributed by atoms with E-state index >= 15 is 0 Å². The van der Waals surface area contributed by atoms with E-state index in [0.29, 0.717) is 17.7 Å². The van der Waals surface area contributed by atoms with Crippen molar-refractivity contribution < 1.29 is 9.90 Å². The third kappa shape index (κ3) is 3.58. The van der Waals surface area contributed by atoms with Crippen LogP contribution < -0.4 is 4.90 Å². The Morgan fingerprint density at radius 2 is 1.28 bits per heavy atom. The maximum Gasteiger partial charge on any atom is 0.191 e. The summed E-state index contributed by atoms with van der Waals surface area (Å²) in [6.45, 7) is 0. The van der Waals surface area contributed by atoms with Gasteiger partial charge in [-0.3, -0.25) is 4.79 Å². The van der Waals surface area contributed by atoms with Crippen LogP contribution in [-0.2, 0) is 0 Å². The smallest absolute Gasteiger partial charge is 0.191 e. The van der Waals surface area contributed by atoms with Crippen molar-refractivity contribution in [3.05, 3.63) is 138 Å². The summed E-state index contributed by atoms with van der Waals surface area (Å²) in [4.78, 5) is 15.8. The number of ketones is 1. The number of para-hydroxylation sites is 2. The van der Waals surface area contributed by atoms with Crippen molar-refractivity contribution in [1.29, 1.82) is 0 Å². The zero-order chi connectivity index (χ0) is 21.9. The van der Waals surface area contributed by atoms with Crippen LogP contribution >= 0.6 is 0 Å². The molecule has 5 rings (SSSR count). The summed E-state index contributed by atoms with van der Waals surface area (Å²) in [6.07, 6.45) is 0.552. The summed E-state index contributed by atoms with van der Waals surface area (Å²) in [5.74, 6) is 0.207. The Hall–Kier alpha value is -4.11. The summed E-state index contributed by atoms with van der Waals surface area (Å²) < 4.78 is 0. The zero-order valence-corrected chi connectivity index (χ0v) is 17.6. The highest BCUT2D eigenvalue weighted by atomic mass is 16.3. The first-order chi connectivity index (χ1) is 15.7. The maximum atomic E-state index is 13.7. The molecule has 4 aromatic rings. The second kappa shape index (κ2) is 8.56. The molecule has 1 aliphatic rings. The van der Waals surface area contributed by atoms with Crippen molar-refractivity contribution >= 4 is 17.2 Å². The lowest BCUT2D eigenvalue weighted by Crippen LogP contribution is -2.22. The minimum absolute atomic E-state index is 0.0169. The Kier molecular flexibility index (Phi) is 5.30. The van der Waals surface area contributed by atoms with Gasteiger partial charge in [0.1, 0.15) is 5.75 Å². The van der Waals surface area contributed by atoms with Gasteiger partial charge in [-0.25, -0.2) is 0 Å². The van der Waals surface area contributed by atoms with Gasteiger partial charge >= 0.3 is 0 Å². The average Bonchev–Trinajstić information content (AvgIpc) is 3.26. The number of Topliss-reactive ketones (excluding diaryl/α,β-unsaturated/α-hetero) is 1. The molecule has 0 aromatic heterocycles. The molecule has 0 amide bonds. The van der Waals surface area contributed by atoms with Gasteiger partial charge in [-0.05, 0) is 23.3 Å². The highest BCUT2D eigenvalue weighted by Crippen LogP contribution is 2.49. The predicted molar refractivity (Wildman–Crippen MR) is 129 cm³/mol. The van der Waals surface area contributed by atoms with Crippen molar-refractivity contribution in [2.24, 2.45) is 0 Å². The van der Waals surface area contributed by atoms with E-state index < -0.39 is 0 Å². The summed E-state index contributed by atoms with van der Waals surface area (Å²) in [6, 6.07) is 36.8. The molecule has 3 heteroatoms. The van der Waals surface area contributed by atoms with E-state index in [9.17, 15) is 9.90 Å². The van der Waals surface area contributed by atoms with Gasteiger partial charge < -0.3 is 10.0 Å². The van der Waals surface area contributed by atoms with Gasteiger partial charge in [-0.2, -0.15) is 0 Å². The standard InChI is InChI=1S/C29H23NO2/c31-27-19-11-10-18-25(27)30-26(21-12-4-1-5-13-21)20-24(28(30)22-14-6-2-7-15-22)29(32)23-16-8-3-9-17-23/h1-19,26,31H,20H2/t26-/m1/s1. The van der Waals surface area contributed by atoms with Gasteiger partial charge in [0.25, 0.3) is 0 Å². The highest BCUT2D eigenvalue weighted by molar-refractivity contribution is 6.15. The van der Waals surface area contributed by atoms with Crippen LogP contribution in [0.5, 0.6) is 5.75 Å². The summed E-state index contributed by atoms with van der Waals surface area (Å²) in [7, 11) is 0. The van der Waals surface area contributed by atoms with Crippen LogP contribution in [0.2, 0.25) is 0 Å². The number of hydrogen-bond acceptors (Lipinski definition) is 3. The fourth-order valence-electron chi connectivity index (χ4n) is 4.45. The number of anilines is 1. The fraction of sp³-hybridized carbons (Fsp3) is 0.0690. The third-order valence-corrected chi connectivity index (χ3v) is 5.92. The molecule has 1 atom stereocenters. The first kappa shape index (κ1) is 19.8. The van der Waals surface area contributed by atoms with Crippen LogP contribution in [0.15, 0.2) is 121 Å². The minimum atomic E-state index is -0.109. The number of benzene rings is 4. The Morgan fingerprint density at radius 3 is 1.94 bits per heavy atom. The SMILES string of the molecule is O=C(C1=C(c2ccccc2)N(c2ccccc2O)[C@@H](c2ccccc2)C1)c1ccccc1. The summed E-state index contributed by atoms with van der Waals surface area (Å²) >= 11 is 0. The van der Waals surface area contributed by atoms with E-state index in [1.165, 1.54) is 0 Å². The molecule has 0 aliphatic carbocycles. The number of carbonyl (C=O) groups excluding carboxylic acids is 1. The van der Waals surface area contributed by atoms with Gasteiger partial charge in [0.15, 0.2) is 5.78 Å². The number of phenols is 1. The van der Waals surface area contributed by atoms with Crippen molar-refractivity contribution in [2.45, 2.75) is 12.5 Å². The molecule has 156 valence electrons. The Balaban J connectivity index is 1.75. The van der Waals surface area contributed by atoms with Crippen LogP contribution in [0, 0.1) is 0 Å². The molecular weight excluding hydrogens is 394 g/mol. The Bertz CT molecular complexity index is 1260. The number of carbonyl (C=O) groups is 1. The van der Waals surface area contributed by atoms with Crippen molar-refractivity contribution in [3.8, 4) is 5.75 Å². The van der Waals surface area contributed by atoms with Crippen molar-refractivity contribution in [2.75, 3.05) is 4.90 Å². The largest absolute Gasteiger partial charge is 0.506 e. The lowest BCUT2D eigenvalue weighted by Gasteiger charge is -2.31. The summed E-state index contributed by atoms with van der Waals surface area (Å²) in [5.41, 5.74) is 5.00. The number of rotatable bonds is 5. The van der Waals surface area contributed by atoms with E-state index in [0.717, 1.165) is 22.4 Å². The molecule has 0 saturated carbocycles. The molecule has 32 heavy (non-hydrogen) atoms. The van der Waals surface area contributed by atoms with Crippen LogP contribution in [-0.4, -0.2) is 10.9 Å². The molecule has 0 unspecified atom stereocenters. The quantitative estimate of drug-likeness (QED) is 0.370. The topological polar surface area (TPSA) is 40.5 Å². The molecule has 0 saturated heterocycles. The second-order valence-corrected chi connectivity index (χ2v) is 7.88. The molecule has 0 spiro atoms. The zero-order valence-electron chi connectivity index (χ0n) is 17.6. The number of aromatic hydroxyl groups is 1. The molecule has 3 nitrogen and oxygen atoms in total. The first-order valence-electron chi connectivity index (χ1n) is 10.7. The van der Waals surface area contributed by atoms with Gasteiger partial charge in [-0.1, -0.05) is 103 Å². The molecule has 1 aliphatic heterocycles. The molecular formula is C29H23NO2. The first-order valence-corrected chi connectivity index (χ1v) is 10.7. The Morgan fingerprint density at radius 1 is 0.719 bits per heavy atom. The molecule has 0 bridgehead atoms. The van der Waals surface area contributed by atoms with Crippen LogP contribution in [0.1, 0.15) is 33.9 Å². The molecule has 0 radical (unpaired) electrons. The van der Waals surface area contributed by atoms with Gasteiger partial charge in [0.2, 0.25) is 0 Å². The minimum Gasteiger partial charge on any atom is -0.506 e. The fourth-order valence-corrected chi connectivity index (χ4v) is 4.45. The normalized spacial score (nSPS) is 15.8. The highest BCUT2D eigenvalue weighted by Gasteiger charge is 2.38. The van der Waals surface area contributed by atoms with Crippen molar-refractivity contribution in [3.63, 3.8) is 0 Å².